The summed E-state index contributed by atoms with van der Waals surface area (Å²) < 4.78 is 0. The van der Waals surface area contributed by atoms with Crippen molar-refractivity contribution in [2.45, 2.75) is 19.4 Å². The molecule has 8 heteroatoms. The first kappa shape index (κ1) is 23.4. The van der Waals surface area contributed by atoms with Crippen molar-refractivity contribution in [1.29, 1.82) is 0 Å². The molecule has 182 valence electrons. The highest BCUT2D eigenvalue weighted by Crippen LogP contribution is 2.39. The number of H-pyrrole nitrogens is 1. The zero-order valence-electron chi connectivity index (χ0n) is 19.7. The molecule has 3 aromatic carbocycles. The Morgan fingerprint density at radius 2 is 1.73 bits per heavy atom. The summed E-state index contributed by atoms with van der Waals surface area (Å²) in [6, 6.07) is 24.1. The fourth-order valence-corrected chi connectivity index (χ4v) is 5.43. The van der Waals surface area contributed by atoms with Crippen LogP contribution < -0.4 is 5.56 Å². The van der Waals surface area contributed by atoms with Crippen LogP contribution in [0.3, 0.4) is 0 Å². The lowest BCUT2D eigenvalue weighted by Gasteiger charge is -2.21. The number of hydrazone groups is 1. The van der Waals surface area contributed by atoms with E-state index in [-0.39, 0.29) is 11.5 Å². The van der Waals surface area contributed by atoms with Gasteiger partial charge in [0.05, 0.1) is 22.8 Å². The molecule has 37 heavy (non-hydrogen) atoms. The summed E-state index contributed by atoms with van der Waals surface area (Å²) in [5.41, 5.74) is 4.27. The molecule has 0 saturated heterocycles. The lowest BCUT2D eigenvalue weighted by Crippen LogP contribution is -2.24. The van der Waals surface area contributed by atoms with Gasteiger partial charge in [0.15, 0.2) is 0 Å². The summed E-state index contributed by atoms with van der Waals surface area (Å²) in [4.78, 5) is 33.8. The first-order chi connectivity index (χ1) is 17.9. The number of benzene rings is 3. The minimum atomic E-state index is -0.504. The van der Waals surface area contributed by atoms with Crippen molar-refractivity contribution in [3.8, 4) is 11.1 Å². The lowest BCUT2D eigenvalue weighted by atomic mass is 9.91. The van der Waals surface area contributed by atoms with Crippen LogP contribution in [0.25, 0.3) is 32.9 Å². The van der Waals surface area contributed by atoms with E-state index in [2.05, 4.69) is 15.1 Å². The van der Waals surface area contributed by atoms with Gasteiger partial charge in [0.1, 0.15) is 5.15 Å². The van der Waals surface area contributed by atoms with Crippen molar-refractivity contribution in [3.63, 3.8) is 0 Å². The third-order valence-electron chi connectivity index (χ3n) is 6.62. The molecule has 0 spiro atoms. The Kier molecular flexibility index (Phi) is 5.78. The Labute approximate surface area is 222 Å². The number of carbonyl (C=O) groups excluding carboxylic acids is 1. The van der Waals surface area contributed by atoms with E-state index in [4.69, 9.17) is 23.2 Å². The molecule has 0 saturated carbocycles. The van der Waals surface area contributed by atoms with E-state index >= 15 is 0 Å². The summed E-state index contributed by atoms with van der Waals surface area (Å²) in [5.74, 6) is -0.259. The van der Waals surface area contributed by atoms with Crippen molar-refractivity contribution in [1.82, 2.24) is 15.0 Å². The van der Waals surface area contributed by atoms with Crippen molar-refractivity contribution in [2.24, 2.45) is 5.10 Å². The molecular formula is C29H20Cl2N4O2. The molecule has 5 aromatic rings. The van der Waals surface area contributed by atoms with Crippen LogP contribution in [0.15, 0.2) is 88.8 Å². The van der Waals surface area contributed by atoms with Crippen molar-refractivity contribution in [3.05, 3.63) is 111 Å². The first-order valence-electron chi connectivity index (χ1n) is 11.7. The number of fused-ring (bicyclic) bond motifs is 2. The van der Waals surface area contributed by atoms with E-state index in [1.807, 2.05) is 66.7 Å². The largest absolute Gasteiger partial charge is 0.321 e. The molecule has 0 bridgehead atoms. The molecule has 1 aliphatic heterocycles. The van der Waals surface area contributed by atoms with Crippen LogP contribution in [-0.4, -0.2) is 26.6 Å². The molecule has 0 fully saturated rings. The average molecular weight is 527 g/mol. The second-order valence-electron chi connectivity index (χ2n) is 8.95. The van der Waals surface area contributed by atoms with Gasteiger partial charge in [0.2, 0.25) is 5.91 Å². The third kappa shape index (κ3) is 4.08. The predicted octanol–water partition coefficient (Wildman–Crippen LogP) is 6.75. The quantitative estimate of drug-likeness (QED) is 0.264. The van der Waals surface area contributed by atoms with Crippen molar-refractivity contribution < 1.29 is 4.79 Å². The molecule has 3 heterocycles. The van der Waals surface area contributed by atoms with Crippen LogP contribution in [0.2, 0.25) is 10.2 Å². The molecular weight excluding hydrogens is 507 g/mol. The van der Waals surface area contributed by atoms with Crippen LogP contribution in [0, 0.1) is 0 Å². The fourth-order valence-electron chi connectivity index (χ4n) is 4.98. The molecule has 1 amide bonds. The van der Waals surface area contributed by atoms with Crippen LogP contribution >= 0.6 is 23.2 Å². The predicted molar refractivity (Wildman–Crippen MR) is 148 cm³/mol. The smallest absolute Gasteiger partial charge is 0.258 e. The van der Waals surface area contributed by atoms with E-state index in [0.29, 0.717) is 44.5 Å². The maximum absolute atomic E-state index is 13.5. The number of aromatic amines is 1. The monoisotopic (exact) mass is 526 g/mol. The number of hydrogen-bond donors (Lipinski definition) is 1. The van der Waals surface area contributed by atoms with Crippen LogP contribution in [-0.2, 0) is 4.79 Å². The zero-order chi connectivity index (χ0) is 25.7. The number of nitrogens with zero attached hydrogens (tertiary/aromatic N) is 3. The number of halogens is 2. The topological polar surface area (TPSA) is 78.4 Å². The molecule has 0 radical (unpaired) electrons. The highest BCUT2D eigenvalue weighted by atomic mass is 35.5. The number of pyridine rings is 2. The molecule has 1 unspecified atom stereocenters. The van der Waals surface area contributed by atoms with Gasteiger partial charge in [-0.2, -0.15) is 5.10 Å². The van der Waals surface area contributed by atoms with Gasteiger partial charge in [-0.15, -0.1) is 0 Å². The second-order valence-corrected chi connectivity index (χ2v) is 9.75. The number of amides is 1. The Morgan fingerprint density at radius 3 is 2.51 bits per heavy atom. The average Bonchev–Trinajstić information content (AvgIpc) is 3.33. The Balaban J connectivity index is 1.56. The van der Waals surface area contributed by atoms with Gasteiger partial charge in [-0.3, -0.25) is 9.59 Å². The van der Waals surface area contributed by atoms with Gasteiger partial charge in [-0.25, -0.2) is 9.99 Å². The van der Waals surface area contributed by atoms with Gasteiger partial charge in [-0.05, 0) is 35.9 Å². The zero-order valence-corrected chi connectivity index (χ0v) is 21.2. The van der Waals surface area contributed by atoms with Gasteiger partial charge in [-0.1, -0.05) is 71.7 Å². The second kappa shape index (κ2) is 9.14. The Morgan fingerprint density at radius 1 is 0.973 bits per heavy atom. The highest BCUT2D eigenvalue weighted by Gasteiger charge is 2.35. The normalized spacial score (nSPS) is 15.4. The van der Waals surface area contributed by atoms with Crippen LogP contribution in [0.1, 0.15) is 30.5 Å². The van der Waals surface area contributed by atoms with E-state index in [0.717, 1.165) is 21.9 Å². The van der Waals surface area contributed by atoms with Crippen molar-refractivity contribution >= 4 is 56.6 Å². The minimum absolute atomic E-state index is 0.259. The summed E-state index contributed by atoms with van der Waals surface area (Å²) in [5, 5.41) is 8.61. The highest BCUT2D eigenvalue weighted by molar-refractivity contribution is 6.32. The molecule has 0 aliphatic carbocycles. The first-order valence-corrected chi connectivity index (χ1v) is 12.5. The lowest BCUT2D eigenvalue weighted by molar-refractivity contribution is -0.130. The number of para-hydroxylation sites is 1. The maximum atomic E-state index is 13.5. The van der Waals surface area contributed by atoms with Crippen molar-refractivity contribution in [2.75, 3.05) is 0 Å². The van der Waals surface area contributed by atoms with Gasteiger partial charge in [0, 0.05) is 45.8 Å². The van der Waals surface area contributed by atoms with Gasteiger partial charge in [0.25, 0.3) is 5.56 Å². The van der Waals surface area contributed by atoms with Crippen LogP contribution in [0.4, 0.5) is 0 Å². The summed E-state index contributed by atoms with van der Waals surface area (Å²) in [6.45, 7) is 1.45. The van der Waals surface area contributed by atoms with Gasteiger partial charge >= 0.3 is 0 Å². The Bertz CT molecular complexity index is 1800. The summed E-state index contributed by atoms with van der Waals surface area (Å²) in [6.07, 6.45) is 0.300. The molecule has 2 aromatic heterocycles. The number of rotatable bonds is 3. The third-order valence-corrected chi connectivity index (χ3v) is 7.16. The molecule has 1 aliphatic rings. The van der Waals surface area contributed by atoms with Gasteiger partial charge < -0.3 is 4.98 Å². The van der Waals surface area contributed by atoms with Crippen LogP contribution in [0.5, 0.6) is 0 Å². The Hall–Kier alpha value is -4.00. The molecule has 6 rings (SSSR count). The van der Waals surface area contributed by atoms with E-state index in [1.54, 1.807) is 12.1 Å². The molecule has 1 atom stereocenters. The number of aromatic nitrogens is 2. The number of nitrogens with one attached hydrogen (secondary N) is 1. The van der Waals surface area contributed by atoms with E-state index in [1.165, 1.54) is 11.9 Å². The molecule has 6 nitrogen and oxygen atoms in total. The molecule has 1 N–H and O–H groups in total. The standard InChI is InChI=1S/C29H20Cl2N4O2/c1-16(36)35-25(21-13-18-9-5-6-10-22(18)32-28(21)31)15-24(34-35)27-26(17-7-3-2-4-8-17)20-14-19(30)11-12-23(20)33-29(27)37/h2-14,25H,15H2,1H3,(H,33,37). The maximum Gasteiger partial charge on any atom is 0.258 e. The van der Waals surface area contributed by atoms with E-state index in [9.17, 15) is 9.59 Å². The fraction of sp³-hybridized carbons (Fsp3) is 0.103. The number of carbonyl (C=O) groups is 1. The summed E-state index contributed by atoms with van der Waals surface area (Å²) >= 11 is 13.0. The minimum Gasteiger partial charge on any atom is -0.321 e. The SMILES string of the molecule is CC(=O)N1N=C(c2c(-c3ccccc3)c3cc(Cl)ccc3[nH]c2=O)CC1c1cc2ccccc2nc1Cl. The van der Waals surface area contributed by atoms with E-state index < -0.39 is 6.04 Å². The number of hydrogen-bond acceptors (Lipinski definition) is 4. The summed E-state index contributed by atoms with van der Waals surface area (Å²) in [7, 11) is 0.